The lowest BCUT2D eigenvalue weighted by Crippen LogP contribution is -2.24. The molecule has 86 valence electrons. The summed E-state index contributed by atoms with van der Waals surface area (Å²) in [6, 6.07) is 0. The number of carbonyl (C=O) groups excluding carboxylic acids is 2. The van der Waals surface area contributed by atoms with Crippen LogP contribution in [0.2, 0.25) is 0 Å². The number of rotatable bonds is 5. The first-order chi connectivity index (χ1) is 7.06. The SMILES string of the molecule is CCCC(OC(C)=O)/C(=C/I)C(=O)OC. The molecule has 0 aromatic rings. The third-order valence-corrected chi connectivity index (χ3v) is 2.42. The largest absolute Gasteiger partial charge is 0.466 e. The highest BCUT2D eigenvalue weighted by Gasteiger charge is 2.23. The molecule has 0 heterocycles. The number of ether oxygens (including phenoxy) is 2. The molecule has 0 rings (SSSR count). The second-order valence-electron chi connectivity index (χ2n) is 2.94. The van der Waals surface area contributed by atoms with E-state index in [0.717, 1.165) is 6.42 Å². The Morgan fingerprint density at radius 2 is 2.07 bits per heavy atom. The van der Waals surface area contributed by atoms with E-state index in [4.69, 9.17) is 4.74 Å². The molecule has 0 N–H and O–H groups in total. The summed E-state index contributed by atoms with van der Waals surface area (Å²) in [7, 11) is 1.30. The predicted molar refractivity (Wildman–Crippen MR) is 64.6 cm³/mol. The lowest BCUT2D eigenvalue weighted by molar-refractivity contribution is -0.147. The number of hydrogen-bond donors (Lipinski definition) is 0. The summed E-state index contributed by atoms with van der Waals surface area (Å²) in [6.45, 7) is 3.28. The maximum Gasteiger partial charge on any atom is 0.337 e. The molecule has 0 spiro atoms. The van der Waals surface area contributed by atoms with E-state index in [2.05, 4.69) is 4.74 Å². The number of halogens is 1. The number of esters is 2. The van der Waals surface area contributed by atoms with Crippen LogP contribution >= 0.6 is 22.6 Å². The second-order valence-corrected chi connectivity index (χ2v) is 3.57. The Morgan fingerprint density at radius 3 is 2.40 bits per heavy atom. The van der Waals surface area contributed by atoms with Gasteiger partial charge in [-0.3, -0.25) is 4.79 Å². The van der Waals surface area contributed by atoms with Gasteiger partial charge in [0.1, 0.15) is 6.10 Å². The summed E-state index contributed by atoms with van der Waals surface area (Å²) in [5, 5.41) is 0. The normalized spacial score (nSPS) is 13.2. The van der Waals surface area contributed by atoms with E-state index in [1.807, 2.05) is 29.5 Å². The molecule has 0 saturated carbocycles. The van der Waals surface area contributed by atoms with Gasteiger partial charge in [0, 0.05) is 6.92 Å². The molecule has 0 fully saturated rings. The number of carbonyl (C=O) groups is 2. The zero-order valence-corrected chi connectivity index (χ0v) is 11.2. The van der Waals surface area contributed by atoms with Crippen LogP contribution in [0.15, 0.2) is 9.66 Å². The van der Waals surface area contributed by atoms with Gasteiger partial charge in [0.25, 0.3) is 0 Å². The molecule has 0 aromatic heterocycles. The zero-order valence-electron chi connectivity index (χ0n) is 9.08. The molecule has 15 heavy (non-hydrogen) atoms. The second kappa shape index (κ2) is 7.67. The van der Waals surface area contributed by atoms with Crippen LogP contribution in [0.25, 0.3) is 0 Å². The summed E-state index contributed by atoms with van der Waals surface area (Å²) >= 11 is 1.94. The van der Waals surface area contributed by atoms with Crippen molar-refractivity contribution < 1.29 is 19.1 Å². The summed E-state index contributed by atoms with van der Waals surface area (Å²) in [5.41, 5.74) is 0.384. The van der Waals surface area contributed by atoms with Crippen molar-refractivity contribution in [3.63, 3.8) is 0 Å². The highest BCUT2D eigenvalue weighted by Crippen LogP contribution is 2.16. The van der Waals surface area contributed by atoms with E-state index in [1.54, 1.807) is 4.08 Å². The van der Waals surface area contributed by atoms with Crippen LogP contribution < -0.4 is 0 Å². The first kappa shape index (κ1) is 14.4. The molecule has 0 amide bonds. The average molecular weight is 326 g/mol. The summed E-state index contributed by atoms with van der Waals surface area (Å²) in [4.78, 5) is 22.2. The van der Waals surface area contributed by atoms with Crippen molar-refractivity contribution >= 4 is 34.5 Å². The van der Waals surface area contributed by atoms with Crippen LogP contribution in [0.3, 0.4) is 0 Å². The van der Waals surface area contributed by atoms with Gasteiger partial charge >= 0.3 is 11.9 Å². The van der Waals surface area contributed by atoms with Crippen molar-refractivity contribution in [3.8, 4) is 0 Å². The van der Waals surface area contributed by atoms with E-state index in [0.29, 0.717) is 12.0 Å². The average Bonchev–Trinajstić information content (AvgIpc) is 2.18. The molecule has 0 radical (unpaired) electrons. The molecule has 0 aliphatic heterocycles. The van der Waals surface area contributed by atoms with Crippen LogP contribution in [0.5, 0.6) is 0 Å². The number of methoxy groups -OCH3 is 1. The van der Waals surface area contributed by atoms with E-state index < -0.39 is 18.0 Å². The Kier molecular flexibility index (Phi) is 7.37. The van der Waals surface area contributed by atoms with Crippen LogP contribution in [0, 0.1) is 0 Å². The fraction of sp³-hybridized carbons (Fsp3) is 0.600. The van der Waals surface area contributed by atoms with Crippen LogP contribution in [-0.4, -0.2) is 25.2 Å². The Hall–Kier alpha value is -0.590. The molecule has 0 aliphatic rings. The first-order valence-electron chi connectivity index (χ1n) is 4.62. The molecule has 4 nitrogen and oxygen atoms in total. The summed E-state index contributed by atoms with van der Waals surface area (Å²) in [5.74, 6) is -0.850. The quantitative estimate of drug-likeness (QED) is 0.442. The predicted octanol–water partition coefficient (Wildman–Crippen LogP) is 2.21. The Bertz CT molecular complexity index is 260. The van der Waals surface area contributed by atoms with E-state index in [-0.39, 0.29) is 0 Å². The molecule has 0 aliphatic carbocycles. The van der Waals surface area contributed by atoms with Gasteiger partial charge in [0.2, 0.25) is 0 Å². The zero-order chi connectivity index (χ0) is 11.8. The van der Waals surface area contributed by atoms with Crippen molar-refractivity contribution in [1.29, 1.82) is 0 Å². The minimum atomic E-state index is -0.503. The molecule has 5 heteroatoms. The van der Waals surface area contributed by atoms with Gasteiger partial charge in [-0.15, -0.1) is 0 Å². The van der Waals surface area contributed by atoms with E-state index >= 15 is 0 Å². The molecule has 1 unspecified atom stereocenters. The maximum atomic E-state index is 11.4. The topological polar surface area (TPSA) is 52.6 Å². The van der Waals surface area contributed by atoms with Crippen LogP contribution in [0.1, 0.15) is 26.7 Å². The Labute approximate surface area is 103 Å². The molecule has 1 atom stereocenters. The molecule has 0 aromatic carbocycles. The van der Waals surface area contributed by atoms with Crippen molar-refractivity contribution in [2.24, 2.45) is 0 Å². The minimum absolute atomic E-state index is 0.384. The number of hydrogen-bond acceptors (Lipinski definition) is 4. The maximum absolute atomic E-state index is 11.4. The van der Waals surface area contributed by atoms with Gasteiger partial charge in [-0.25, -0.2) is 4.79 Å². The van der Waals surface area contributed by atoms with Crippen molar-refractivity contribution in [3.05, 3.63) is 9.66 Å². The van der Waals surface area contributed by atoms with Crippen LogP contribution in [0.4, 0.5) is 0 Å². The standard InChI is InChI=1S/C10H15IO4/c1-4-5-9(15-7(2)12)8(6-11)10(13)14-3/h6,9H,4-5H2,1-3H3/b8-6-. The van der Waals surface area contributed by atoms with Gasteiger partial charge < -0.3 is 9.47 Å². The fourth-order valence-electron chi connectivity index (χ4n) is 1.10. The third kappa shape index (κ3) is 5.15. The van der Waals surface area contributed by atoms with Gasteiger partial charge in [-0.05, 0) is 10.5 Å². The highest BCUT2D eigenvalue weighted by molar-refractivity contribution is 14.1. The monoisotopic (exact) mass is 326 g/mol. The fourth-order valence-corrected chi connectivity index (χ4v) is 1.76. The lowest BCUT2D eigenvalue weighted by Gasteiger charge is -2.17. The van der Waals surface area contributed by atoms with Crippen molar-refractivity contribution in [1.82, 2.24) is 0 Å². The van der Waals surface area contributed by atoms with Crippen LogP contribution in [-0.2, 0) is 19.1 Å². The Morgan fingerprint density at radius 1 is 1.47 bits per heavy atom. The third-order valence-electron chi connectivity index (χ3n) is 1.74. The summed E-state index contributed by atoms with van der Waals surface area (Å²) in [6.07, 6.45) is 0.934. The van der Waals surface area contributed by atoms with Gasteiger partial charge in [-0.1, -0.05) is 35.9 Å². The first-order valence-corrected chi connectivity index (χ1v) is 5.87. The van der Waals surface area contributed by atoms with E-state index in [1.165, 1.54) is 14.0 Å². The van der Waals surface area contributed by atoms with Gasteiger partial charge in [0.15, 0.2) is 0 Å². The van der Waals surface area contributed by atoms with Crippen molar-refractivity contribution in [2.75, 3.05) is 7.11 Å². The van der Waals surface area contributed by atoms with Crippen molar-refractivity contribution in [2.45, 2.75) is 32.8 Å². The summed E-state index contributed by atoms with van der Waals surface area (Å²) < 4.78 is 11.3. The highest BCUT2D eigenvalue weighted by atomic mass is 127. The molecular weight excluding hydrogens is 311 g/mol. The molecule has 0 bridgehead atoms. The molecular formula is C10H15IO4. The van der Waals surface area contributed by atoms with Gasteiger partial charge in [0.05, 0.1) is 12.7 Å². The minimum Gasteiger partial charge on any atom is -0.466 e. The molecule has 0 saturated heterocycles. The lowest BCUT2D eigenvalue weighted by atomic mass is 10.1. The Balaban J connectivity index is 4.70. The van der Waals surface area contributed by atoms with E-state index in [9.17, 15) is 9.59 Å². The smallest absolute Gasteiger partial charge is 0.337 e. The van der Waals surface area contributed by atoms with Gasteiger partial charge in [-0.2, -0.15) is 0 Å².